The lowest BCUT2D eigenvalue weighted by Gasteiger charge is -2.30. The van der Waals surface area contributed by atoms with E-state index in [9.17, 15) is 9.59 Å². The van der Waals surface area contributed by atoms with Gasteiger partial charge < -0.3 is 9.47 Å². The van der Waals surface area contributed by atoms with Crippen molar-refractivity contribution < 1.29 is 19.1 Å². The standard InChI is InChI=1S/C17H24O4/c1-11-8-13(10-18)9-12(2)14(11)20-17(6,7)15(19)21-16(3,4)5/h8-10H,1-7H3. The van der Waals surface area contributed by atoms with Gasteiger partial charge in [-0.25, -0.2) is 4.79 Å². The minimum Gasteiger partial charge on any atom is -0.476 e. The van der Waals surface area contributed by atoms with Gasteiger partial charge in [-0.05, 0) is 71.7 Å². The number of ether oxygens (including phenoxy) is 2. The first-order valence-electron chi connectivity index (χ1n) is 6.95. The molecule has 0 atom stereocenters. The second-order valence-corrected chi connectivity index (χ2v) is 6.72. The van der Waals surface area contributed by atoms with Crippen molar-refractivity contribution in [2.45, 2.75) is 59.7 Å². The fraction of sp³-hybridized carbons (Fsp3) is 0.529. The minimum absolute atomic E-state index is 0.423. The quantitative estimate of drug-likeness (QED) is 0.628. The summed E-state index contributed by atoms with van der Waals surface area (Å²) in [6.45, 7) is 12.5. The van der Waals surface area contributed by atoms with Crippen molar-refractivity contribution in [2.24, 2.45) is 0 Å². The first-order chi connectivity index (χ1) is 9.46. The lowest BCUT2D eigenvalue weighted by atomic mass is 10.0. The summed E-state index contributed by atoms with van der Waals surface area (Å²) in [5.41, 5.74) is 0.546. The van der Waals surface area contributed by atoms with Crippen LogP contribution in [0.3, 0.4) is 0 Å². The predicted octanol–water partition coefficient (Wildman–Crippen LogP) is 3.62. The summed E-state index contributed by atoms with van der Waals surface area (Å²) in [4.78, 5) is 23.1. The van der Waals surface area contributed by atoms with Gasteiger partial charge in [0.15, 0.2) is 5.60 Å². The van der Waals surface area contributed by atoms with Crippen LogP contribution in [0.15, 0.2) is 12.1 Å². The number of hydrogen-bond donors (Lipinski definition) is 0. The van der Waals surface area contributed by atoms with E-state index in [0.29, 0.717) is 11.3 Å². The maximum Gasteiger partial charge on any atom is 0.350 e. The molecule has 0 bridgehead atoms. The molecule has 0 aromatic heterocycles. The normalized spacial score (nSPS) is 12.0. The van der Waals surface area contributed by atoms with Crippen molar-refractivity contribution in [2.75, 3.05) is 0 Å². The number of esters is 1. The van der Waals surface area contributed by atoms with Crippen LogP contribution in [0.5, 0.6) is 5.75 Å². The Bertz CT molecular complexity index is 527. The molecule has 0 N–H and O–H groups in total. The zero-order valence-electron chi connectivity index (χ0n) is 13.9. The van der Waals surface area contributed by atoms with Gasteiger partial charge in [-0.1, -0.05) is 0 Å². The number of carbonyl (C=O) groups excluding carboxylic acids is 2. The van der Waals surface area contributed by atoms with E-state index in [-0.39, 0.29) is 0 Å². The molecule has 0 unspecified atom stereocenters. The maximum absolute atomic E-state index is 12.2. The lowest BCUT2D eigenvalue weighted by Crippen LogP contribution is -2.43. The average Bonchev–Trinajstić information content (AvgIpc) is 2.31. The Morgan fingerprint density at radius 2 is 1.52 bits per heavy atom. The van der Waals surface area contributed by atoms with Gasteiger partial charge in [-0.2, -0.15) is 0 Å². The van der Waals surface area contributed by atoms with Gasteiger partial charge in [0.1, 0.15) is 17.6 Å². The van der Waals surface area contributed by atoms with Crippen LogP contribution in [-0.4, -0.2) is 23.5 Å². The predicted molar refractivity (Wildman–Crippen MR) is 81.9 cm³/mol. The third-order valence-corrected chi connectivity index (χ3v) is 2.87. The summed E-state index contributed by atoms with van der Waals surface area (Å²) in [5.74, 6) is 0.185. The Kier molecular flexibility index (Phi) is 4.82. The van der Waals surface area contributed by atoms with Crippen LogP contribution in [0.2, 0.25) is 0 Å². The molecule has 0 radical (unpaired) electrons. The molecule has 4 heteroatoms. The third kappa shape index (κ3) is 4.59. The number of benzene rings is 1. The van der Waals surface area contributed by atoms with Crippen molar-refractivity contribution in [1.82, 2.24) is 0 Å². The molecular weight excluding hydrogens is 268 g/mol. The maximum atomic E-state index is 12.2. The van der Waals surface area contributed by atoms with E-state index in [0.717, 1.165) is 17.4 Å². The Hall–Kier alpha value is -1.84. The number of carbonyl (C=O) groups is 2. The number of aldehydes is 1. The third-order valence-electron chi connectivity index (χ3n) is 2.87. The second-order valence-electron chi connectivity index (χ2n) is 6.72. The van der Waals surface area contributed by atoms with Gasteiger partial charge in [-0.15, -0.1) is 0 Å². The van der Waals surface area contributed by atoms with Gasteiger partial charge in [-0.3, -0.25) is 4.79 Å². The van der Waals surface area contributed by atoms with Crippen molar-refractivity contribution in [3.63, 3.8) is 0 Å². The van der Waals surface area contributed by atoms with E-state index < -0.39 is 17.2 Å². The fourth-order valence-corrected chi connectivity index (χ4v) is 1.91. The van der Waals surface area contributed by atoms with Crippen molar-refractivity contribution in [3.05, 3.63) is 28.8 Å². The van der Waals surface area contributed by atoms with Crippen LogP contribution in [0.25, 0.3) is 0 Å². The van der Waals surface area contributed by atoms with Crippen LogP contribution in [0, 0.1) is 13.8 Å². The van der Waals surface area contributed by atoms with Gasteiger partial charge in [0.2, 0.25) is 0 Å². The molecule has 0 heterocycles. The van der Waals surface area contributed by atoms with Crippen molar-refractivity contribution in [1.29, 1.82) is 0 Å². The Labute approximate surface area is 126 Å². The summed E-state index contributed by atoms with van der Waals surface area (Å²) in [7, 11) is 0. The van der Waals surface area contributed by atoms with Gasteiger partial charge >= 0.3 is 5.97 Å². The van der Waals surface area contributed by atoms with Crippen LogP contribution in [0.1, 0.15) is 56.1 Å². The largest absolute Gasteiger partial charge is 0.476 e. The molecule has 4 nitrogen and oxygen atoms in total. The highest BCUT2D eigenvalue weighted by atomic mass is 16.6. The summed E-state index contributed by atoms with van der Waals surface area (Å²) in [6.07, 6.45) is 0.794. The molecular formula is C17H24O4. The van der Waals surface area contributed by atoms with Crippen molar-refractivity contribution in [3.8, 4) is 5.75 Å². The zero-order valence-corrected chi connectivity index (χ0v) is 13.9. The van der Waals surface area contributed by atoms with E-state index in [2.05, 4.69) is 0 Å². The monoisotopic (exact) mass is 292 g/mol. The second kappa shape index (κ2) is 5.88. The Morgan fingerprint density at radius 1 is 1.05 bits per heavy atom. The smallest absolute Gasteiger partial charge is 0.350 e. The summed E-state index contributed by atoms with van der Waals surface area (Å²) >= 11 is 0. The highest BCUT2D eigenvalue weighted by molar-refractivity contribution is 5.80. The highest BCUT2D eigenvalue weighted by Gasteiger charge is 2.35. The van der Waals surface area contributed by atoms with E-state index in [1.54, 1.807) is 26.0 Å². The molecule has 116 valence electrons. The van der Waals surface area contributed by atoms with Gasteiger partial charge in [0.25, 0.3) is 0 Å². The average molecular weight is 292 g/mol. The molecule has 0 aliphatic rings. The summed E-state index contributed by atoms with van der Waals surface area (Å²) in [5, 5.41) is 0. The fourth-order valence-electron chi connectivity index (χ4n) is 1.91. The topological polar surface area (TPSA) is 52.6 Å². The van der Waals surface area contributed by atoms with Gasteiger partial charge in [0, 0.05) is 5.56 Å². The molecule has 0 aliphatic carbocycles. The van der Waals surface area contributed by atoms with Crippen LogP contribution in [0.4, 0.5) is 0 Å². The van der Waals surface area contributed by atoms with Gasteiger partial charge in [0.05, 0.1) is 0 Å². The lowest BCUT2D eigenvalue weighted by molar-refractivity contribution is -0.171. The van der Waals surface area contributed by atoms with Crippen molar-refractivity contribution >= 4 is 12.3 Å². The van der Waals surface area contributed by atoms with Crippen LogP contribution >= 0.6 is 0 Å². The molecule has 1 rings (SSSR count). The first-order valence-corrected chi connectivity index (χ1v) is 6.95. The molecule has 0 fully saturated rings. The van der Waals surface area contributed by atoms with E-state index in [1.807, 2.05) is 34.6 Å². The van der Waals surface area contributed by atoms with Crippen LogP contribution < -0.4 is 4.74 Å². The van der Waals surface area contributed by atoms with E-state index >= 15 is 0 Å². The molecule has 21 heavy (non-hydrogen) atoms. The number of hydrogen-bond acceptors (Lipinski definition) is 4. The van der Waals surface area contributed by atoms with Crippen LogP contribution in [-0.2, 0) is 9.53 Å². The molecule has 0 saturated heterocycles. The summed E-state index contributed by atoms with van der Waals surface area (Å²) < 4.78 is 11.3. The minimum atomic E-state index is -1.11. The molecule has 0 aliphatic heterocycles. The summed E-state index contributed by atoms with van der Waals surface area (Å²) in [6, 6.07) is 3.47. The van der Waals surface area contributed by atoms with E-state index in [1.165, 1.54) is 0 Å². The SMILES string of the molecule is Cc1cc(C=O)cc(C)c1OC(C)(C)C(=O)OC(C)(C)C. The van der Waals surface area contributed by atoms with E-state index in [4.69, 9.17) is 9.47 Å². The Balaban J connectivity index is 3.04. The number of aryl methyl sites for hydroxylation is 2. The molecule has 1 aromatic rings. The first kappa shape index (κ1) is 17.2. The molecule has 0 saturated carbocycles. The Morgan fingerprint density at radius 3 is 1.90 bits per heavy atom. The zero-order chi connectivity index (χ0) is 16.4. The number of rotatable bonds is 4. The highest BCUT2D eigenvalue weighted by Crippen LogP contribution is 2.29. The molecule has 0 amide bonds. The molecule has 0 spiro atoms. The molecule has 1 aromatic carbocycles.